The van der Waals surface area contributed by atoms with Gasteiger partial charge in [0.25, 0.3) is 5.91 Å². The average molecular weight is 277 g/mol. The van der Waals surface area contributed by atoms with Gasteiger partial charge in [-0.3, -0.25) is 14.5 Å². The first-order valence-corrected chi connectivity index (χ1v) is 6.70. The summed E-state index contributed by atoms with van der Waals surface area (Å²) in [4.78, 5) is 24.8. The molecule has 0 radical (unpaired) electrons. The standard InChI is InChI=1S/C15H19NO4/c1-10-3-5-12(6-4-10)16(9-13(17)18)15(19)14-11(2)7-8-20-14/h3-6,11,14H,7-9H2,1-2H3,(H,17,18). The van der Waals surface area contributed by atoms with Crippen molar-refractivity contribution >= 4 is 17.6 Å². The van der Waals surface area contributed by atoms with Crippen LogP contribution in [0.3, 0.4) is 0 Å². The van der Waals surface area contributed by atoms with Crippen molar-refractivity contribution in [3.05, 3.63) is 29.8 Å². The van der Waals surface area contributed by atoms with E-state index in [9.17, 15) is 9.59 Å². The average Bonchev–Trinajstić information content (AvgIpc) is 2.82. The van der Waals surface area contributed by atoms with Gasteiger partial charge in [-0.1, -0.05) is 24.6 Å². The maximum Gasteiger partial charge on any atom is 0.323 e. The number of carboxylic acid groups (broad SMARTS) is 1. The lowest BCUT2D eigenvalue weighted by atomic mass is 10.0. The fourth-order valence-corrected chi connectivity index (χ4v) is 2.32. The molecule has 2 unspecified atom stereocenters. The fourth-order valence-electron chi connectivity index (χ4n) is 2.32. The number of rotatable bonds is 4. The van der Waals surface area contributed by atoms with Gasteiger partial charge >= 0.3 is 5.97 Å². The number of carbonyl (C=O) groups is 2. The summed E-state index contributed by atoms with van der Waals surface area (Å²) in [6.07, 6.45) is 0.279. The van der Waals surface area contributed by atoms with E-state index in [2.05, 4.69) is 0 Å². The van der Waals surface area contributed by atoms with Crippen LogP contribution in [-0.4, -0.2) is 36.2 Å². The van der Waals surface area contributed by atoms with E-state index in [0.717, 1.165) is 12.0 Å². The Labute approximate surface area is 118 Å². The van der Waals surface area contributed by atoms with Gasteiger partial charge in [-0.2, -0.15) is 0 Å². The normalized spacial score (nSPS) is 21.7. The largest absolute Gasteiger partial charge is 0.480 e. The van der Waals surface area contributed by atoms with Gasteiger partial charge in [0.05, 0.1) is 0 Å². The minimum absolute atomic E-state index is 0.115. The highest BCUT2D eigenvalue weighted by molar-refractivity contribution is 6.00. The van der Waals surface area contributed by atoms with E-state index >= 15 is 0 Å². The molecule has 0 spiro atoms. The van der Waals surface area contributed by atoms with Crippen LogP contribution in [0.5, 0.6) is 0 Å². The second-order valence-corrected chi connectivity index (χ2v) is 5.21. The predicted octanol–water partition coefficient (Wildman–Crippen LogP) is 1.84. The van der Waals surface area contributed by atoms with E-state index in [1.54, 1.807) is 12.1 Å². The molecule has 1 aromatic rings. The third-order valence-electron chi connectivity index (χ3n) is 3.54. The number of benzene rings is 1. The molecule has 1 aromatic carbocycles. The lowest BCUT2D eigenvalue weighted by Crippen LogP contribution is -2.44. The van der Waals surface area contributed by atoms with Crippen molar-refractivity contribution in [1.29, 1.82) is 0 Å². The van der Waals surface area contributed by atoms with Crippen LogP contribution in [0.1, 0.15) is 18.9 Å². The molecule has 2 atom stereocenters. The van der Waals surface area contributed by atoms with Crippen LogP contribution in [0.2, 0.25) is 0 Å². The Bertz CT molecular complexity index is 497. The number of carbonyl (C=O) groups excluding carboxylic acids is 1. The molecule has 1 saturated heterocycles. The van der Waals surface area contributed by atoms with E-state index in [-0.39, 0.29) is 18.4 Å². The van der Waals surface area contributed by atoms with Gasteiger partial charge in [0.15, 0.2) is 0 Å². The smallest absolute Gasteiger partial charge is 0.323 e. The second kappa shape index (κ2) is 6.05. The molecule has 20 heavy (non-hydrogen) atoms. The van der Waals surface area contributed by atoms with Gasteiger partial charge in [-0.15, -0.1) is 0 Å². The zero-order valence-electron chi connectivity index (χ0n) is 11.7. The van der Waals surface area contributed by atoms with Gasteiger partial charge < -0.3 is 9.84 Å². The summed E-state index contributed by atoms with van der Waals surface area (Å²) in [6, 6.07) is 7.23. The maximum absolute atomic E-state index is 12.5. The Morgan fingerprint density at radius 2 is 2.00 bits per heavy atom. The quantitative estimate of drug-likeness (QED) is 0.912. The number of anilines is 1. The molecule has 1 aliphatic rings. The number of carboxylic acids is 1. The van der Waals surface area contributed by atoms with Crippen LogP contribution in [0, 0.1) is 12.8 Å². The summed E-state index contributed by atoms with van der Waals surface area (Å²) in [5.74, 6) is -1.20. The predicted molar refractivity (Wildman–Crippen MR) is 74.7 cm³/mol. The Kier molecular flexibility index (Phi) is 4.39. The van der Waals surface area contributed by atoms with Crippen molar-refractivity contribution in [1.82, 2.24) is 0 Å². The summed E-state index contributed by atoms with van der Waals surface area (Å²) in [7, 11) is 0. The highest BCUT2D eigenvalue weighted by atomic mass is 16.5. The number of aryl methyl sites for hydroxylation is 1. The van der Waals surface area contributed by atoms with Crippen LogP contribution >= 0.6 is 0 Å². The summed E-state index contributed by atoms with van der Waals surface area (Å²) in [5, 5.41) is 9.02. The first-order chi connectivity index (χ1) is 9.49. The molecule has 1 heterocycles. The Hall–Kier alpha value is -1.88. The number of amides is 1. The number of nitrogens with zero attached hydrogens (tertiary/aromatic N) is 1. The lowest BCUT2D eigenvalue weighted by molar-refractivity contribution is -0.138. The van der Waals surface area contributed by atoms with Gasteiger partial charge in [-0.05, 0) is 31.4 Å². The summed E-state index contributed by atoms with van der Waals surface area (Å²) in [6.45, 7) is 4.08. The number of hydrogen-bond donors (Lipinski definition) is 1. The van der Waals surface area contributed by atoms with Crippen LogP contribution in [-0.2, 0) is 14.3 Å². The Balaban J connectivity index is 2.24. The first kappa shape index (κ1) is 14.5. The number of aliphatic carboxylic acids is 1. The SMILES string of the molecule is Cc1ccc(N(CC(=O)O)C(=O)C2OCCC2C)cc1. The Morgan fingerprint density at radius 3 is 2.50 bits per heavy atom. The molecular weight excluding hydrogens is 258 g/mol. The van der Waals surface area contributed by atoms with E-state index in [0.29, 0.717) is 12.3 Å². The fraction of sp³-hybridized carbons (Fsp3) is 0.467. The van der Waals surface area contributed by atoms with Gasteiger partial charge in [0.2, 0.25) is 0 Å². The molecule has 1 aliphatic heterocycles. The molecule has 108 valence electrons. The monoisotopic (exact) mass is 277 g/mol. The molecule has 5 nitrogen and oxygen atoms in total. The number of hydrogen-bond acceptors (Lipinski definition) is 3. The molecule has 5 heteroatoms. The van der Waals surface area contributed by atoms with E-state index in [4.69, 9.17) is 9.84 Å². The van der Waals surface area contributed by atoms with Crippen molar-refractivity contribution in [2.45, 2.75) is 26.4 Å². The third kappa shape index (κ3) is 3.17. The van der Waals surface area contributed by atoms with Crippen molar-refractivity contribution < 1.29 is 19.4 Å². The summed E-state index contributed by atoms with van der Waals surface area (Å²) >= 11 is 0. The van der Waals surface area contributed by atoms with Crippen LogP contribution in [0.15, 0.2) is 24.3 Å². The lowest BCUT2D eigenvalue weighted by Gasteiger charge is -2.25. The minimum atomic E-state index is -1.04. The zero-order chi connectivity index (χ0) is 14.7. The first-order valence-electron chi connectivity index (χ1n) is 6.70. The minimum Gasteiger partial charge on any atom is -0.480 e. The molecule has 2 rings (SSSR count). The van der Waals surface area contributed by atoms with Gasteiger partial charge in [0.1, 0.15) is 12.6 Å². The molecule has 0 aromatic heterocycles. The molecular formula is C15H19NO4. The molecule has 0 saturated carbocycles. The molecule has 1 amide bonds. The van der Waals surface area contributed by atoms with Crippen molar-refractivity contribution in [3.8, 4) is 0 Å². The number of ether oxygens (including phenoxy) is 1. The van der Waals surface area contributed by atoms with Gasteiger partial charge in [-0.25, -0.2) is 0 Å². The van der Waals surface area contributed by atoms with Crippen LogP contribution < -0.4 is 4.90 Å². The third-order valence-corrected chi connectivity index (χ3v) is 3.54. The topological polar surface area (TPSA) is 66.8 Å². The van der Waals surface area contributed by atoms with E-state index in [1.807, 2.05) is 26.0 Å². The van der Waals surface area contributed by atoms with Crippen LogP contribution in [0.4, 0.5) is 5.69 Å². The van der Waals surface area contributed by atoms with Gasteiger partial charge in [0, 0.05) is 12.3 Å². The Morgan fingerprint density at radius 1 is 1.35 bits per heavy atom. The van der Waals surface area contributed by atoms with E-state index < -0.39 is 12.1 Å². The van der Waals surface area contributed by atoms with E-state index in [1.165, 1.54) is 4.90 Å². The van der Waals surface area contributed by atoms with Crippen molar-refractivity contribution in [2.24, 2.45) is 5.92 Å². The van der Waals surface area contributed by atoms with Crippen molar-refractivity contribution in [3.63, 3.8) is 0 Å². The maximum atomic E-state index is 12.5. The summed E-state index contributed by atoms with van der Waals surface area (Å²) in [5.41, 5.74) is 1.65. The van der Waals surface area contributed by atoms with Crippen LogP contribution in [0.25, 0.3) is 0 Å². The molecule has 0 bridgehead atoms. The second-order valence-electron chi connectivity index (χ2n) is 5.21. The van der Waals surface area contributed by atoms with Crippen molar-refractivity contribution in [2.75, 3.05) is 18.1 Å². The summed E-state index contributed by atoms with van der Waals surface area (Å²) < 4.78 is 5.45. The molecule has 0 aliphatic carbocycles. The zero-order valence-corrected chi connectivity index (χ0v) is 11.7. The molecule has 1 fully saturated rings. The highest BCUT2D eigenvalue weighted by Gasteiger charge is 2.35. The molecule has 1 N–H and O–H groups in total. The highest BCUT2D eigenvalue weighted by Crippen LogP contribution is 2.25.